The van der Waals surface area contributed by atoms with Crippen molar-refractivity contribution in [1.82, 2.24) is 19.9 Å². The zero-order valence-corrected chi connectivity index (χ0v) is 20.9. The van der Waals surface area contributed by atoms with Crippen LogP contribution in [0, 0.1) is 20.8 Å². The molecule has 1 fully saturated rings. The predicted octanol–water partition coefficient (Wildman–Crippen LogP) is 7.37. The van der Waals surface area contributed by atoms with Gasteiger partial charge in [0.05, 0.1) is 11.4 Å². The molecule has 34 heavy (non-hydrogen) atoms. The van der Waals surface area contributed by atoms with Crippen molar-refractivity contribution in [3.63, 3.8) is 0 Å². The molecule has 0 radical (unpaired) electrons. The lowest BCUT2D eigenvalue weighted by molar-refractivity contribution is 0.220. The van der Waals surface area contributed by atoms with E-state index < -0.39 is 0 Å². The average molecular weight is 471 g/mol. The van der Waals surface area contributed by atoms with E-state index in [1.54, 1.807) is 0 Å². The van der Waals surface area contributed by atoms with E-state index in [1.807, 2.05) is 48.8 Å². The molecule has 174 valence electrons. The summed E-state index contributed by atoms with van der Waals surface area (Å²) in [6.07, 6.45) is 7.58. The number of aromatic amines is 1. The monoisotopic (exact) mass is 470 g/mol. The van der Waals surface area contributed by atoms with Crippen LogP contribution in [-0.2, 0) is 6.54 Å². The molecule has 0 bridgehead atoms. The van der Waals surface area contributed by atoms with Crippen molar-refractivity contribution in [3.05, 3.63) is 82.1 Å². The Balaban J connectivity index is 1.63. The highest BCUT2D eigenvalue weighted by Gasteiger charge is 2.21. The lowest BCUT2D eigenvalue weighted by atomic mass is 9.92. The van der Waals surface area contributed by atoms with Crippen molar-refractivity contribution >= 4 is 11.6 Å². The molecule has 4 aromatic rings. The smallest absolute Gasteiger partial charge is 0.139 e. The molecule has 0 atom stereocenters. The van der Waals surface area contributed by atoms with Crippen molar-refractivity contribution in [2.45, 2.75) is 46.6 Å². The van der Waals surface area contributed by atoms with Crippen molar-refractivity contribution in [3.8, 4) is 33.9 Å². The molecule has 4 nitrogen and oxygen atoms in total. The second-order valence-electron chi connectivity index (χ2n) is 9.38. The summed E-state index contributed by atoms with van der Waals surface area (Å²) in [6.45, 7) is 10.1. The first-order valence-electron chi connectivity index (χ1n) is 12.1. The fourth-order valence-electron chi connectivity index (χ4n) is 5.21. The molecule has 0 unspecified atom stereocenters. The summed E-state index contributed by atoms with van der Waals surface area (Å²) in [7, 11) is 0. The van der Waals surface area contributed by atoms with Crippen LogP contribution in [0.3, 0.4) is 0 Å². The Morgan fingerprint density at radius 3 is 2.29 bits per heavy atom. The lowest BCUT2D eigenvalue weighted by Crippen LogP contribution is -2.29. The minimum atomic E-state index is 0.724. The number of hydrogen-bond donors (Lipinski definition) is 1. The van der Waals surface area contributed by atoms with Gasteiger partial charge in [0.25, 0.3) is 0 Å². The predicted molar refractivity (Wildman–Crippen MR) is 141 cm³/mol. The maximum absolute atomic E-state index is 6.17. The fourth-order valence-corrected chi connectivity index (χ4v) is 5.34. The number of piperidine rings is 1. The van der Waals surface area contributed by atoms with Gasteiger partial charge in [-0.15, -0.1) is 0 Å². The van der Waals surface area contributed by atoms with Gasteiger partial charge < -0.3 is 4.98 Å². The van der Waals surface area contributed by atoms with Gasteiger partial charge in [-0.2, -0.15) is 0 Å². The highest BCUT2D eigenvalue weighted by molar-refractivity contribution is 6.30. The highest BCUT2D eigenvalue weighted by Crippen LogP contribution is 2.37. The van der Waals surface area contributed by atoms with Gasteiger partial charge in [-0.25, -0.2) is 4.98 Å². The zero-order chi connectivity index (χ0) is 23.7. The van der Waals surface area contributed by atoms with Crippen LogP contribution in [0.25, 0.3) is 33.9 Å². The van der Waals surface area contributed by atoms with Crippen LogP contribution in [0.5, 0.6) is 0 Å². The lowest BCUT2D eigenvalue weighted by Gasteiger charge is -2.28. The molecule has 2 aromatic heterocycles. The Hall–Kier alpha value is -2.95. The van der Waals surface area contributed by atoms with Crippen LogP contribution in [0.15, 0.2) is 54.9 Å². The molecule has 1 N–H and O–H groups in total. The molecular formula is C29H31ClN4. The molecule has 1 saturated heterocycles. The van der Waals surface area contributed by atoms with Gasteiger partial charge in [-0.3, -0.25) is 9.88 Å². The number of hydrogen-bond acceptors (Lipinski definition) is 3. The number of nitrogens with one attached hydrogen (secondary N) is 1. The number of pyridine rings is 1. The molecule has 0 amide bonds. The number of aryl methyl sites for hydroxylation is 2. The quantitative estimate of drug-likeness (QED) is 0.331. The third kappa shape index (κ3) is 4.53. The molecule has 3 heterocycles. The third-order valence-electron chi connectivity index (χ3n) is 6.99. The van der Waals surface area contributed by atoms with Gasteiger partial charge >= 0.3 is 0 Å². The summed E-state index contributed by atoms with van der Waals surface area (Å²) in [5.41, 5.74) is 10.6. The van der Waals surface area contributed by atoms with Gasteiger partial charge in [0.1, 0.15) is 5.82 Å². The van der Waals surface area contributed by atoms with Gasteiger partial charge in [0, 0.05) is 40.7 Å². The van der Waals surface area contributed by atoms with Crippen LogP contribution in [0.2, 0.25) is 5.02 Å². The van der Waals surface area contributed by atoms with Gasteiger partial charge in [-0.1, -0.05) is 36.2 Å². The number of nitrogens with zero attached hydrogens (tertiary/aromatic N) is 3. The fraction of sp³-hybridized carbons (Fsp3) is 0.310. The topological polar surface area (TPSA) is 44.8 Å². The zero-order valence-electron chi connectivity index (χ0n) is 20.2. The molecule has 5 rings (SSSR count). The average Bonchev–Trinajstić information content (AvgIpc) is 3.28. The maximum atomic E-state index is 6.17. The third-order valence-corrected chi connectivity index (χ3v) is 7.24. The van der Waals surface area contributed by atoms with Crippen LogP contribution in [0.1, 0.15) is 41.5 Å². The number of likely N-dealkylation sites (tertiary alicyclic amines) is 1. The van der Waals surface area contributed by atoms with E-state index in [0.717, 1.165) is 39.9 Å². The van der Waals surface area contributed by atoms with Crippen molar-refractivity contribution in [2.75, 3.05) is 13.1 Å². The van der Waals surface area contributed by atoms with Crippen molar-refractivity contribution in [2.24, 2.45) is 0 Å². The standard InChI is InChI=1S/C29H31ClN4/c1-19-17-20(2)26(21(3)25(19)18-34-15-5-4-6-16-34)29-32-27(22-7-9-24(30)10-8-22)28(33-29)23-11-13-31-14-12-23/h7-14,17H,4-6,15-16,18H2,1-3H3,(H,32,33). The number of imidazole rings is 1. The second-order valence-corrected chi connectivity index (χ2v) is 9.81. The normalized spacial score (nSPS) is 14.5. The van der Waals surface area contributed by atoms with Crippen LogP contribution < -0.4 is 0 Å². The molecule has 0 saturated carbocycles. The first kappa shape index (κ1) is 22.8. The largest absolute Gasteiger partial charge is 0.337 e. The second kappa shape index (κ2) is 9.73. The molecule has 0 spiro atoms. The maximum Gasteiger partial charge on any atom is 0.139 e. The number of halogens is 1. The summed E-state index contributed by atoms with van der Waals surface area (Å²) >= 11 is 6.17. The van der Waals surface area contributed by atoms with E-state index in [-0.39, 0.29) is 0 Å². The van der Waals surface area contributed by atoms with Crippen LogP contribution in [0.4, 0.5) is 0 Å². The Bertz CT molecular complexity index is 1290. The van der Waals surface area contributed by atoms with E-state index >= 15 is 0 Å². The van der Waals surface area contributed by atoms with Crippen LogP contribution in [-0.4, -0.2) is 32.9 Å². The Labute approximate surface area is 207 Å². The first-order chi connectivity index (χ1) is 16.5. The number of aromatic nitrogens is 3. The SMILES string of the molecule is Cc1cc(C)c(-c2nc(-c3ccncc3)c(-c3ccc(Cl)cc3)[nH]2)c(C)c1CN1CCCCC1. The molecular weight excluding hydrogens is 440 g/mol. The van der Waals surface area contributed by atoms with Gasteiger partial charge in [0.15, 0.2) is 0 Å². The Morgan fingerprint density at radius 2 is 1.59 bits per heavy atom. The summed E-state index contributed by atoms with van der Waals surface area (Å²) in [5, 5.41) is 0.724. The van der Waals surface area contributed by atoms with Gasteiger partial charge in [-0.05, 0) is 93.2 Å². The Kier molecular flexibility index (Phi) is 6.53. The molecule has 0 aliphatic carbocycles. The highest BCUT2D eigenvalue weighted by atomic mass is 35.5. The van der Waals surface area contributed by atoms with E-state index in [2.05, 4.69) is 41.7 Å². The van der Waals surface area contributed by atoms with Crippen molar-refractivity contribution in [1.29, 1.82) is 0 Å². The summed E-state index contributed by atoms with van der Waals surface area (Å²) in [4.78, 5) is 15.6. The first-order valence-corrected chi connectivity index (χ1v) is 12.5. The minimum absolute atomic E-state index is 0.724. The number of H-pyrrole nitrogens is 1. The van der Waals surface area contributed by atoms with E-state index in [4.69, 9.17) is 16.6 Å². The molecule has 5 heteroatoms. The van der Waals surface area contributed by atoms with Crippen molar-refractivity contribution < 1.29 is 0 Å². The molecule has 1 aliphatic rings. The number of benzene rings is 2. The summed E-state index contributed by atoms with van der Waals surface area (Å²) in [5.74, 6) is 0.909. The van der Waals surface area contributed by atoms with E-state index in [9.17, 15) is 0 Å². The summed E-state index contributed by atoms with van der Waals surface area (Å²) in [6, 6.07) is 14.3. The van der Waals surface area contributed by atoms with Gasteiger partial charge in [0.2, 0.25) is 0 Å². The van der Waals surface area contributed by atoms with Crippen LogP contribution >= 0.6 is 11.6 Å². The minimum Gasteiger partial charge on any atom is -0.337 e. The Morgan fingerprint density at radius 1 is 0.882 bits per heavy atom. The molecule has 1 aliphatic heterocycles. The van der Waals surface area contributed by atoms with E-state index in [1.165, 1.54) is 60.2 Å². The number of rotatable bonds is 5. The molecule has 2 aromatic carbocycles. The van der Waals surface area contributed by atoms with E-state index in [0.29, 0.717) is 0 Å². The summed E-state index contributed by atoms with van der Waals surface area (Å²) < 4.78 is 0.